The fourth-order valence-corrected chi connectivity index (χ4v) is 1.94. The first-order valence-corrected chi connectivity index (χ1v) is 6.98. The van der Waals surface area contributed by atoms with Gasteiger partial charge in [0.1, 0.15) is 17.4 Å². The highest BCUT2D eigenvalue weighted by Crippen LogP contribution is 2.13. The molecule has 0 bridgehead atoms. The Hall–Kier alpha value is -2.43. The van der Waals surface area contributed by atoms with Gasteiger partial charge in [0.05, 0.1) is 19.1 Å². The summed E-state index contributed by atoms with van der Waals surface area (Å²) in [6.45, 7) is 2.03. The highest BCUT2D eigenvalue weighted by atomic mass is 19.1. The molecule has 0 spiro atoms. The van der Waals surface area contributed by atoms with Crippen molar-refractivity contribution >= 4 is 5.91 Å². The van der Waals surface area contributed by atoms with E-state index in [0.29, 0.717) is 5.75 Å². The topological polar surface area (TPSA) is 38.3 Å². The lowest BCUT2D eigenvalue weighted by Crippen LogP contribution is -2.27. The lowest BCUT2D eigenvalue weighted by molar-refractivity contribution is -0.122. The van der Waals surface area contributed by atoms with Crippen LogP contribution in [0.1, 0.15) is 24.9 Å². The molecule has 5 heteroatoms. The van der Waals surface area contributed by atoms with Crippen LogP contribution >= 0.6 is 0 Å². The zero-order valence-electron chi connectivity index (χ0n) is 12.2. The van der Waals surface area contributed by atoms with Crippen molar-refractivity contribution in [1.82, 2.24) is 5.32 Å². The van der Waals surface area contributed by atoms with Crippen LogP contribution in [0.25, 0.3) is 0 Å². The fraction of sp³-hybridized carbons (Fsp3) is 0.235. The van der Waals surface area contributed by atoms with E-state index in [4.69, 9.17) is 4.74 Å². The van der Waals surface area contributed by atoms with Gasteiger partial charge in [-0.3, -0.25) is 4.79 Å². The molecule has 2 aromatic rings. The third kappa shape index (κ3) is 4.84. The second-order valence-corrected chi connectivity index (χ2v) is 4.89. The number of hydrogen-bond acceptors (Lipinski definition) is 2. The van der Waals surface area contributed by atoms with Crippen molar-refractivity contribution < 1.29 is 18.3 Å². The minimum absolute atomic E-state index is 0.168. The Bertz CT molecular complexity index is 612. The zero-order chi connectivity index (χ0) is 15.9. The summed E-state index contributed by atoms with van der Waals surface area (Å²) in [4.78, 5) is 11.8. The number of carbonyl (C=O) groups is 1. The molecule has 1 atom stereocenters. The van der Waals surface area contributed by atoms with Crippen LogP contribution in [0.5, 0.6) is 5.75 Å². The molecule has 0 radical (unpaired) electrons. The van der Waals surface area contributed by atoms with Crippen molar-refractivity contribution in [3.63, 3.8) is 0 Å². The number of nitrogens with one attached hydrogen (secondary N) is 1. The average molecular weight is 305 g/mol. The normalized spacial score (nSPS) is 11.8. The van der Waals surface area contributed by atoms with Crippen LogP contribution in [-0.2, 0) is 4.79 Å². The maximum atomic E-state index is 12.8. The number of hydrogen-bond donors (Lipinski definition) is 1. The van der Waals surface area contributed by atoms with Crippen molar-refractivity contribution in [2.24, 2.45) is 0 Å². The summed E-state index contributed by atoms with van der Waals surface area (Å²) in [5, 5.41) is 2.81. The second-order valence-electron chi connectivity index (χ2n) is 4.89. The number of amides is 1. The largest absolute Gasteiger partial charge is 0.493 e. The van der Waals surface area contributed by atoms with Gasteiger partial charge >= 0.3 is 0 Å². The average Bonchev–Trinajstić information content (AvgIpc) is 2.50. The van der Waals surface area contributed by atoms with E-state index < -0.39 is 0 Å². The number of halogens is 2. The molecule has 3 nitrogen and oxygen atoms in total. The summed E-state index contributed by atoms with van der Waals surface area (Å²) in [6.07, 6.45) is 0.183. The molecule has 0 fully saturated rings. The molecule has 0 saturated carbocycles. The predicted molar refractivity (Wildman–Crippen MR) is 79.5 cm³/mol. The van der Waals surface area contributed by atoms with Crippen LogP contribution in [0.3, 0.4) is 0 Å². The summed E-state index contributed by atoms with van der Waals surface area (Å²) in [5.41, 5.74) is 0.828. The quantitative estimate of drug-likeness (QED) is 0.885. The molecule has 2 aromatic carbocycles. The molecule has 116 valence electrons. The summed E-state index contributed by atoms with van der Waals surface area (Å²) in [7, 11) is 0. The maximum Gasteiger partial charge on any atom is 0.223 e. The SMILES string of the molecule is CC(NC(=O)CCOc1ccc(F)cc1)c1ccc(F)cc1. The van der Waals surface area contributed by atoms with Gasteiger partial charge in [-0.25, -0.2) is 8.78 Å². The molecule has 1 unspecified atom stereocenters. The first-order valence-electron chi connectivity index (χ1n) is 6.98. The van der Waals surface area contributed by atoms with Gasteiger partial charge in [-0.2, -0.15) is 0 Å². The molecule has 0 aliphatic heterocycles. The second kappa shape index (κ2) is 7.54. The van der Waals surface area contributed by atoms with E-state index in [2.05, 4.69) is 5.32 Å². The molecule has 0 saturated heterocycles. The van der Waals surface area contributed by atoms with Crippen LogP contribution in [0, 0.1) is 11.6 Å². The molecule has 2 rings (SSSR count). The van der Waals surface area contributed by atoms with Crippen molar-refractivity contribution in [2.75, 3.05) is 6.61 Å². The van der Waals surface area contributed by atoms with Crippen molar-refractivity contribution in [1.29, 1.82) is 0 Å². The number of benzene rings is 2. The lowest BCUT2D eigenvalue weighted by Gasteiger charge is -2.14. The molecule has 0 aliphatic rings. The zero-order valence-corrected chi connectivity index (χ0v) is 12.2. The van der Waals surface area contributed by atoms with Gasteiger partial charge in [-0.05, 0) is 48.9 Å². The third-order valence-electron chi connectivity index (χ3n) is 3.16. The highest BCUT2D eigenvalue weighted by molar-refractivity contribution is 5.76. The van der Waals surface area contributed by atoms with Gasteiger partial charge < -0.3 is 10.1 Å². The number of rotatable bonds is 6. The van der Waals surface area contributed by atoms with Gasteiger partial charge in [0.2, 0.25) is 5.91 Å². The Morgan fingerprint density at radius 1 is 1.05 bits per heavy atom. The monoisotopic (exact) mass is 305 g/mol. The maximum absolute atomic E-state index is 12.8. The Kier molecular flexibility index (Phi) is 5.47. The highest BCUT2D eigenvalue weighted by Gasteiger charge is 2.09. The molecule has 1 amide bonds. The van der Waals surface area contributed by atoms with E-state index in [0.717, 1.165) is 5.56 Å². The van der Waals surface area contributed by atoms with Crippen LogP contribution < -0.4 is 10.1 Å². The first-order chi connectivity index (χ1) is 10.5. The first kappa shape index (κ1) is 15.9. The number of carbonyl (C=O) groups excluding carboxylic acids is 1. The van der Waals surface area contributed by atoms with E-state index in [9.17, 15) is 13.6 Å². The van der Waals surface area contributed by atoms with Crippen molar-refractivity contribution in [3.8, 4) is 5.75 Å². The molecule has 1 N–H and O–H groups in total. The van der Waals surface area contributed by atoms with E-state index in [1.807, 2.05) is 6.92 Å². The van der Waals surface area contributed by atoms with Crippen molar-refractivity contribution in [3.05, 3.63) is 65.7 Å². The lowest BCUT2D eigenvalue weighted by atomic mass is 10.1. The Labute approximate surface area is 127 Å². The van der Waals surface area contributed by atoms with Gasteiger partial charge in [0.25, 0.3) is 0 Å². The van der Waals surface area contributed by atoms with Gasteiger partial charge in [-0.1, -0.05) is 12.1 Å². The van der Waals surface area contributed by atoms with Crippen LogP contribution in [0.2, 0.25) is 0 Å². The Morgan fingerprint density at radius 2 is 1.59 bits per heavy atom. The van der Waals surface area contributed by atoms with Crippen molar-refractivity contribution in [2.45, 2.75) is 19.4 Å². The molecule has 0 aromatic heterocycles. The molecule has 22 heavy (non-hydrogen) atoms. The molecule has 0 heterocycles. The van der Waals surface area contributed by atoms with Crippen LogP contribution in [-0.4, -0.2) is 12.5 Å². The van der Waals surface area contributed by atoms with E-state index in [1.165, 1.54) is 36.4 Å². The fourth-order valence-electron chi connectivity index (χ4n) is 1.94. The van der Waals surface area contributed by atoms with Crippen LogP contribution in [0.4, 0.5) is 8.78 Å². The molecular weight excluding hydrogens is 288 g/mol. The Morgan fingerprint density at radius 3 is 2.18 bits per heavy atom. The summed E-state index contributed by atoms with van der Waals surface area (Å²) < 4.78 is 30.9. The molecule has 0 aliphatic carbocycles. The summed E-state index contributed by atoms with van der Waals surface area (Å²) in [5.74, 6) is -0.298. The van der Waals surface area contributed by atoms with Crippen LogP contribution in [0.15, 0.2) is 48.5 Å². The number of ether oxygens (including phenoxy) is 1. The smallest absolute Gasteiger partial charge is 0.223 e. The van der Waals surface area contributed by atoms with Gasteiger partial charge in [0, 0.05) is 0 Å². The molecular formula is C17H17F2NO2. The predicted octanol–water partition coefficient (Wildman–Crippen LogP) is 3.61. The minimum atomic E-state index is -0.335. The standard InChI is InChI=1S/C17H17F2NO2/c1-12(13-2-4-14(18)5-3-13)20-17(21)10-11-22-16-8-6-15(19)7-9-16/h2-9,12H,10-11H2,1H3,(H,20,21). The Balaban J connectivity index is 1.75. The van der Waals surface area contributed by atoms with Gasteiger partial charge in [0.15, 0.2) is 0 Å². The van der Waals surface area contributed by atoms with E-state index >= 15 is 0 Å². The van der Waals surface area contributed by atoms with Gasteiger partial charge in [-0.15, -0.1) is 0 Å². The van der Waals surface area contributed by atoms with E-state index in [1.54, 1.807) is 12.1 Å². The minimum Gasteiger partial charge on any atom is -0.493 e. The summed E-state index contributed by atoms with van der Waals surface area (Å²) in [6, 6.07) is 11.4. The van der Waals surface area contributed by atoms with E-state index in [-0.39, 0.29) is 36.6 Å². The third-order valence-corrected chi connectivity index (χ3v) is 3.16. The summed E-state index contributed by atoms with van der Waals surface area (Å²) >= 11 is 0.